The molecule has 0 unspecified atom stereocenters. The largest absolute Gasteiger partial charge is 0.486 e. The van der Waals surface area contributed by atoms with Crippen molar-refractivity contribution in [2.75, 3.05) is 0 Å². The minimum absolute atomic E-state index is 0. The van der Waals surface area contributed by atoms with E-state index in [1.54, 1.807) is 0 Å². The number of aryl methyl sites for hydroxylation is 3. The summed E-state index contributed by atoms with van der Waals surface area (Å²) < 4.78 is 9.19. The molecule has 0 atom stereocenters. The molecule has 1 radical (unpaired) electrons. The Kier molecular flexibility index (Phi) is 14.9. The molecule has 0 saturated heterocycles. The number of furan rings is 1. The van der Waals surface area contributed by atoms with Crippen LogP contribution in [0.4, 0.5) is 0 Å². The van der Waals surface area contributed by atoms with E-state index in [1.807, 2.05) is 18.2 Å². The van der Waals surface area contributed by atoms with Crippen molar-refractivity contribution in [3.05, 3.63) is 197 Å². The van der Waals surface area contributed by atoms with Gasteiger partial charge < -0.3 is 14.0 Å². The van der Waals surface area contributed by atoms with E-state index in [9.17, 15) is 0 Å². The molecule has 0 spiro atoms. The van der Waals surface area contributed by atoms with Crippen LogP contribution in [0.15, 0.2) is 156 Å². The summed E-state index contributed by atoms with van der Waals surface area (Å²) in [4.78, 5) is 15.2. The third-order valence-corrected chi connectivity index (χ3v) is 16.3. The first kappa shape index (κ1) is 52.1. The molecule has 4 heterocycles. The molecule has 74 heavy (non-hydrogen) atoms. The number of pyridine rings is 2. The molecule has 0 aliphatic rings. The van der Waals surface area contributed by atoms with Crippen LogP contribution in [0, 0.1) is 38.8 Å². The molecular weight excluding hydrogens is 1100 g/mol. The predicted molar refractivity (Wildman–Crippen MR) is 311 cm³/mol. The fraction of sp³-hybridized carbons (Fsp3) is 0.239. The Hall–Kier alpha value is -6.76. The van der Waals surface area contributed by atoms with Crippen LogP contribution in [0.2, 0.25) is 19.6 Å². The molecular formula is C67H66IrN4OSi-2. The van der Waals surface area contributed by atoms with Gasteiger partial charge in [0.15, 0.2) is 0 Å². The molecule has 0 aliphatic heterocycles. The number of imidazole rings is 1. The van der Waals surface area contributed by atoms with Crippen molar-refractivity contribution in [2.24, 2.45) is 5.92 Å². The Bertz CT molecular complexity index is 3790. The smallest absolute Gasteiger partial charge is 0.216 e. The van der Waals surface area contributed by atoms with Crippen LogP contribution in [0.1, 0.15) is 86.8 Å². The maximum Gasteiger partial charge on any atom is 0.216 e. The van der Waals surface area contributed by atoms with Gasteiger partial charge in [-0.25, -0.2) is 4.98 Å². The number of hydrogen-bond donors (Lipinski definition) is 0. The maximum atomic E-state index is 6.82. The minimum atomic E-state index is -1.34. The van der Waals surface area contributed by atoms with E-state index >= 15 is 0 Å². The fourth-order valence-electron chi connectivity index (χ4n) is 10.6. The zero-order chi connectivity index (χ0) is 51.3. The Labute approximate surface area is 452 Å². The number of nitrogens with zero attached hydrogens (tertiary/aromatic N) is 4. The van der Waals surface area contributed by atoms with Crippen LogP contribution < -0.4 is 5.19 Å². The van der Waals surface area contributed by atoms with E-state index in [-0.39, 0.29) is 31.9 Å². The molecule has 0 N–H and O–H groups in total. The zero-order valence-electron chi connectivity index (χ0n) is 44.9. The summed E-state index contributed by atoms with van der Waals surface area (Å²) in [5.74, 6) is 1.97. The molecule has 4 aromatic heterocycles. The van der Waals surface area contributed by atoms with Crippen molar-refractivity contribution in [3.63, 3.8) is 0 Å². The SMILES string of the molecule is CC(C)Cc1cc(-c2[c-]cccc2)ncc1[Si](C)(C)C.Cc1cccc(C)c1-c1ccc2c(n1)oc1c(-c3nc4ccccc4n3-c3c(C(C)C)cc(-c4ccc5ccccc5c4)cc3C(C)C)[c-]cc(C)c12.[Ir]. The summed E-state index contributed by atoms with van der Waals surface area (Å²) in [6.07, 6.45) is 3.24. The number of fused-ring (bicyclic) bond motifs is 5. The van der Waals surface area contributed by atoms with Gasteiger partial charge in [-0.2, -0.15) is 0 Å². The van der Waals surface area contributed by atoms with Crippen LogP contribution >= 0.6 is 0 Å². The monoisotopic (exact) mass is 1160 g/mol. The maximum absolute atomic E-state index is 6.82. The second kappa shape index (κ2) is 21.2. The molecule has 7 aromatic carbocycles. The molecule has 5 nitrogen and oxygen atoms in total. The number of aromatic nitrogens is 4. The minimum Gasteiger partial charge on any atom is -0.486 e. The molecule has 0 bridgehead atoms. The van der Waals surface area contributed by atoms with Crippen molar-refractivity contribution in [1.29, 1.82) is 0 Å². The van der Waals surface area contributed by atoms with Crippen LogP contribution in [-0.4, -0.2) is 27.6 Å². The Balaban J connectivity index is 0.000000270. The average Bonchev–Trinajstić information content (AvgIpc) is 3.96. The first-order valence-electron chi connectivity index (χ1n) is 26.0. The van der Waals surface area contributed by atoms with Crippen molar-refractivity contribution >= 4 is 57.1 Å². The third-order valence-electron chi connectivity index (χ3n) is 14.3. The van der Waals surface area contributed by atoms with Gasteiger partial charge in [-0.15, -0.1) is 53.6 Å². The van der Waals surface area contributed by atoms with Crippen LogP contribution in [0.25, 0.3) is 94.6 Å². The second-order valence-electron chi connectivity index (χ2n) is 22.0. The fourth-order valence-corrected chi connectivity index (χ4v) is 12.2. The second-order valence-corrected chi connectivity index (χ2v) is 27.0. The summed E-state index contributed by atoms with van der Waals surface area (Å²) in [6.45, 7) is 27.3. The van der Waals surface area contributed by atoms with Gasteiger partial charge in [-0.1, -0.05) is 157 Å². The number of para-hydroxylation sites is 2. The molecule has 0 fully saturated rings. The Morgan fingerprint density at radius 3 is 2.00 bits per heavy atom. The number of benzene rings is 7. The van der Waals surface area contributed by atoms with Crippen LogP contribution in [-0.2, 0) is 26.5 Å². The zero-order valence-corrected chi connectivity index (χ0v) is 48.3. The van der Waals surface area contributed by atoms with Crippen LogP contribution in [0.3, 0.4) is 0 Å². The molecule has 375 valence electrons. The molecule has 0 saturated carbocycles. The van der Waals surface area contributed by atoms with E-state index in [0.29, 0.717) is 11.6 Å². The summed E-state index contributed by atoms with van der Waals surface area (Å²) in [7, 11) is -1.34. The van der Waals surface area contributed by atoms with Crippen molar-refractivity contribution in [1.82, 2.24) is 19.5 Å². The Morgan fingerprint density at radius 2 is 1.32 bits per heavy atom. The topological polar surface area (TPSA) is 56.7 Å². The standard InChI is InChI=1S/C49H42N3O.C18H24NSi.Ir/c1-28(2)39-26-36(35-21-20-33-15-8-9-16-34(33)25-35)27-40(29(3)4)46(39)52-43-18-11-10-17-41(43)50-48(52)38-22-19-32(7)45-37-23-24-42(51-49(37)53-47(38)45)44-30(5)13-12-14-31(44)6;1-14(2)11-16-12-17(15-9-7-6-8-10-15)19-13-18(16)20(3,4)5;/h8-21,23-29H,1-7H3;6-9,12-14H,11H2,1-5H3;/q2*-1;. The van der Waals surface area contributed by atoms with Crippen molar-refractivity contribution in [2.45, 2.75) is 100 Å². The van der Waals surface area contributed by atoms with Gasteiger partial charge in [0.05, 0.1) is 36.2 Å². The summed E-state index contributed by atoms with van der Waals surface area (Å²) >= 11 is 0. The van der Waals surface area contributed by atoms with E-state index < -0.39 is 8.07 Å². The van der Waals surface area contributed by atoms with Crippen molar-refractivity contribution < 1.29 is 24.5 Å². The van der Waals surface area contributed by atoms with Gasteiger partial charge in [0, 0.05) is 42.9 Å². The van der Waals surface area contributed by atoms with Gasteiger partial charge in [-0.3, -0.25) is 4.98 Å². The summed E-state index contributed by atoms with van der Waals surface area (Å²) in [5, 5.41) is 6.03. The van der Waals surface area contributed by atoms with E-state index in [2.05, 4.69) is 237 Å². The first-order chi connectivity index (χ1) is 35.0. The van der Waals surface area contributed by atoms with Gasteiger partial charge in [-0.05, 0) is 136 Å². The first-order valence-corrected chi connectivity index (χ1v) is 29.5. The predicted octanol–water partition coefficient (Wildman–Crippen LogP) is 17.7. The third kappa shape index (κ3) is 10.1. The number of hydrogen-bond acceptors (Lipinski definition) is 4. The van der Waals surface area contributed by atoms with Gasteiger partial charge in [0.2, 0.25) is 5.71 Å². The molecule has 0 amide bonds. The molecule has 0 aliphatic carbocycles. The van der Waals surface area contributed by atoms with E-state index in [4.69, 9.17) is 14.4 Å². The summed E-state index contributed by atoms with van der Waals surface area (Å²) in [6, 6.07) is 58.6. The van der Waals surface area contributed by atoms with Crippen molar-refractivity contribution in [3.8, 4) is 50.7 Å². The van der Waals surface area contributed by atoms with E-state index in [0.717, 1.165) is 73.3 Å². The number of rotatable bonds is 10. The summed E-state index contributed by atoms with van der Waals surface area (Å²) in [5.41, 5.74) is 19.5. The molecule has 11 rings (SSSR count). The average molecular weight is 1160 g/mol. The van der Waals surface area contributed by atoms with Gasteiger partial charge in [0.25, 0.3) is 0 Å². The molecule has 11 aromatic rings. The normalized spacial score (nSPS) is 11.8. The quantitative estimate of drug-likeness (QED) is 0.101. The Morgan fingerprint density at radius 1 is 0.635 bits per heavy atom. The van der Waals surface area contributed by atoms with Gasteiger partial charge >= 0.3 is 0 Å². The van der Waals surface area contributed by atoms with Crippen LogP contribution in [0.5, 0.6) is 0 Å². The van der Waals surface area contributed by atoms with E-state index in [1.165, 1.54) is 60.6 Å². The molecule has 7 heteroatoms. The van der Waals surface area contributed by atoms with Gasteiger partial charge in [0.1, 0.15) is 0 Å².